The highest BCUT2D eigenvalue weighted by atomic mass is 32.2. The van der Waals surface area contributed by atoms with Gasteiger partial charge >= 0.3 is 6.03 Å². The summed E-state index contributed by atoms with van der Waals surface area (Å²) in [6.45, 7) is 4.41. The number of carbonyl (C=O) groups is 1. The normalized spacial score (nSPS) is 16.5. The molecule has 1 aliphatic heterocycles. The maximum absolute atomic E-state index is 11.5. The number of anilines is 2. The highest BCUT2D eigenvalue weighted by molar-refractivity contribution is 7.98. The Bertz CT molecular complexity index is 818. The Hall–Kier alpha value is -2.36. The van der Waals surface area contributed by atoms with Crippen LogP contribution in [0.25, 0.3) is 11.4 Å². The van der Waals surface area contributed by atoms with Crippen molar-refractivity contribution in [3.8, 4) is 11.4 Å². The number of morpholine rings is 1. The smallest absolute Gasteiger partial charge is 0.318 e. The number of aromatic nitrogens is 2. The molecule has 0 bridgehead atoms. The largest absolute Gasteiger partial charge is 0.396 e. The third kappa shape index (κ3) is 5.81. The number of ether oxygens (including phenoxy) is 1. The van der Waals surface area contributed by atoms with Crippen LogP contribution in [-0.2, 0) is 10.5 Å². The Morgan fingerprint density at radius 1 is 1.34 bits per heavy atom. The average molecular weight is 418 g/mol. The number of carbonyl (C=O) groups excluding carboxylic acids is 1. The summed E-state index contributed by atoms with van der Waals surface area (Å²) in [6.07, 6.45) is 0. The third-order valence-electron chi connectivity index (χ3n) is 4.54. The topological polar surface area (TPSA) is 99.6 Å². The Morgan fingerprint density at radius 2 is 2.14 bits per heavy atom. The second-order valence-electron chi connectivity index (χ2n) is 6.72. The molecule has 2 aromatic rings. The molecule has 1 saturated heterocycles. The summed E-state index contributed by atoms with van der Waals surface area (Å²) in [5.74, 6) is 2.91. The average Bonchev–Trinajstić information content (AvgIpc) is 2.74. The molecular formula is C20H27N5O3S. The van der Waals surface area contributed by atoms with E-state index in [4.69, 9.17) is 19.8 Å². The van der Waals surface area contributed by atoms with E-state index in [0.717, 1.165) is 23.6 Å². The third-order valence-corrected chi connectivity index (χ3v) is 5.51. The SMILES string of the molecule is CNC(=O)Nc1ccc(-c2nc(CSCCO)cc(N3CCOC[C@@H]3C)n2)cc1. The van der Waals surface area contributed by atoms with E-state index < -0.39 is 0 Å². The van der Waals surface area contributed by atoms with Crippen LogP contribution < -0.4 is 15.5 Å². The number of rotatable bonds is 7. The van der Waals surface area contributed by atoms with E-state index in [-0.39, 0.29) is 18.7 Å². The molecule has 29 heavy (non-hydrogen) atoms. The summed E-state index contributed by atoms with van der Waals surface area (Å²) in [5.41, 5.74) is 2.50. The van der Waals surface area contributed by atoms with Crippen LogP contribution in [0, 0.1) is 0 Å². The maximum atomic E-state index is 11.5. The van der Waals surface area contributed by atoms with E-state index in [0.29, 0.717) is 36.2 Å². The zero-order valence-corrected chi connectivity index (χ0v) is 17.5. The van der Waals surface area contributed by atoms with Crippen LogP contribution in [-0.4, -0.2) is 66.3 Å². The van der Waals surface area contributed by atoms with Crippen LogP contribution in [0.15, 0.2) is 30.3 Å². The number of aliphatic hydroxyl groups excluding tert-OH is 1. The Balaban J connectivity index is 1.88. The molecule has 9 heteroatoms. The predicted octanol–water partition coefficient (Wildman–Crippen LogP) is 2.35. The molecule has 0 unspecified atom stereocenters. The fourth-order valence-electron chi connectivity index (χ4n) is 3.04. The summed E-state index contributed by atoms with van der Waals surface area (Å²) in [4.78, 5) is 23.3. The summed E-state index contributed by atoms with van der Waals surface area (Å²) in [5, 5.41) is 14.3. The fraction of sp³-hybridized carbons (Fsp3) is 0.450. The quantitative estimate of drug-likeness (QED) is 0.595. The van der Waals surface area contributed by atoms with Crippen LogP contribution in [0.1, 0.15) is 12.6 Å². The van der Waals surface area contributed by atoms with Gasteiger partial charge in [0.2, 0.25) is 0 Å². The van der Waals surface area contributed by atoms with Gasteiger partial charge in [0.1, 0.15) is 5.82 Å². The van der Waals surface area contributed by atoms with Gasteiger partial charge in [0.05, 0.1) is 31.6 Å². The number of nitrogens with one attached hydrogen (secondary N) is 2. The lowest BCUT2D eigenvalue weighted by molar-refractivity contribution is 0.0985. The molecule has 0 spiro atoms. The molecule has 3 N–H and O–H groups in total. The van der Waals surface area contributed by atoms with Gasteiger partial charge in [-0.3, -0.25) is 0 Å². The lowest BCUT2D eigenvalue weighted by Crippen LogP contribution is -2.44. The Morgan fingerprint density at radius 3 is 2.83 bits per heavy atom. The van der Waals surface area contributed by atoms with E-state index in [1.807, 2.05) is 30.3 Å². The summed E-state index contributed by atoms with van der Waals surface area (Å²) < 4.78 is 5.56. The minimum atomic E-state index is -0.263. The van der Waals surface area contributed by atoms with E-state index in [1.54, 1.807) is 18.8 Å². The minimum absolute atomic E-state index is 0.149. The van der Waals surface area contributed by atoms with Crippen LogP contribution in [0.3, 0.4) is 0 Å². The van der Waals surface area contributed by atoms with E-state index in [2.05, 4.69) is 22.5 Å². The van der Waals surface area contributed by atoms with Gasteiger partial charge in [-0.2, -0.15) is 11.8 Å². The predicted molar refractivity (Wildman–Crippen MR) is 116 cm³/mol. The van der Waals surface area contributed by atoms with Crippen molar-refractivity contribution in [2.24, 2.45) is 0 Å². The first-order valence-electron chi connectivity index (χ1n) is 9.61. The molecular weight excluding hydrogens is 390 g/mol. The number of thioether (sulfide) groups is 1. The molecule has 2 amide bonds. The molecule has 0 aliphatic carbocycles. The van der Waals surface area contributed by atoms with Crippen molar-refractivity contribution >= 4 is 29.3 Å². The molecule has 1 aromatic carbocycles. The van der Waals surface area contributed by atoms with Gasteiger partial charge < -0.3 is 25.4 Å². The van der Waals surface area contributed by atoms with Crippen LogP contribution in [0.4, 0.5) is 16.3 Å². The van der Waals surface area contributed by atoms with Crippen molar-refractivity contribution < 1.29 is 14.6 Å². The van der Waals surface area contributed by atoms with Gasteiger partial charge in [-0.05, 0) is 31.2 Å². The zero-order chi connectivity index (χ0) is 20.6. The summed E-state index contributed by atoms with van der Waals surface area (Å²) >= 11 is 1.64. The first-order valence-corrected chi connectivity index (χ1v) is 10.8. The van der Waals surface area contributed by atoms with Crippen LogP contribution in [0.5, 0.6) is 0 Å². The fourth-order valence-corrected chi connectivity index (χ4v) is 3.67. The number of urea groups is 1. The number of hydrogen-bond donors (Lipinski definition) is 3. The van der Waals surface area contributed by atoms with Gasteiger partial charge in [-0.1, -0.05) is 0 Å². The first-order chi connectivity index (χ1) is 14.1. The number of nitrogens with zero attached hydrogens (tertiary/aromatic N) is 3. The number of hydrogen-bond acceptors (Lipinski definition) is 7. The van der Waals surface area contributed by atoms with Crippen molar-refractivity contribution in [3.05, 3.63) is 36.0 Å². The number of benzene rings is 1. The van der Waals surface area contributed by atoms with Crippen molar-refractivity contribution in [2.45, 2.75) is 18.7 Å². The zero-order valence-electron chi connectivity index (χ0n) is 16.7. The maximum Gasteiger partial charge on any atom is 0.318 e. The lowest BCUT2D eigenvalue weighted by Gasteiger charge is -2.34. The van der Waals surface area contributed by atoms with Gasteiger partial charge in [-0.15, -0.1) is 0 Å². The van der Waals surface area contributed by atoms with Gasteiger partial charge in [0.15, 0.2) is 5.82 Å². The molecule has 1 atom stereocenters. The van der Waals surface area contributed by atoms with E-state index >= 15 is 0 Å². The minimum Gasteiger partial charge on any atom is -0.396 e. The second kappa shape index (κ2) is 10.4. The Kier molecular flexibility index (Phi) is 7.68. The van der Waals surface area contributed by atoms with Gasteiger partial charge in [0.25, 0.3) is 0 Å². The molecule has 3 rings (SSSR count). The molecule has 1 aliphatic rings. The molecule has 156 valence electrons. The monoisotopic (exact) mass is 417 g/mol. The summed E-state index contributed by atoms with van der Waals surface area (Å²) in [6, 6.07) is 9.47. The summed E-state index contributed by atoms with van der Waals surface area (Å²) in [7, 11) is 1.58. The molecule has 8 nitrogen and oxygen atoms in total. The highest BCUT2D eigenvalue weighted by Crippen LogP contribution is 2.25. The molecule has 2 heterocycles. The highest BCUT2D eigenvalue weighted by Gasteiger charge is 2.21. The Labute approximate surface area is 175 Å². The molecule has 0 saturated carbocycles. The van der Waals surface area contributed by atoms with E-state index in [9.17, 15) is 4.79 Å². The number of aliphatic hydroxyl groups is 1. The molecule has 0 radical (unpaired) electrons. The molecule has 1 aromatic heterocycles. The second-order valence-corrected chi connectivity index (χ2v) is 7.82. The standard InChI is InChI=1S/C20H27N5O3S/c1-14-12-28-9-7-25(14)18-11-17(13-29-10-8-26)22-19(24-18)15-3-5-16(6-4-15)23-20(27)21-2/h3-6,11,14,26H,7-10,12-13H2,1-2H3,(H2,21,23,27)/t14-/m0/s1. The van der Waals surface area contributed by atoms with Gasteiger partial charge in [-0.25, -0.2) is 14.8 Å². The molecule has 1 fully saturated rings. The van der Waals surface area contributed by atoms with E-state index in [1.165, 1.54) is 0 Å². The van der Waals surface area contributed by atoms with Crippen LogP contribution >= 0.6 is 11.8 Å². The van der Waals surface area contributed by atoms with Crippen molar-refractivity contribution in [1.82, 2.24) is 15.3 Å². The van der Waals surface area contributed by atoms with Crippen LogP contribution in [0.2, 0.25) is 0 Å². The van der Waals surface area contributed by atoms with Crippen molar-refractivity contribution in [2.75, 3.05) is 49.4 Å². The van der Waals surface area contributed by atoms with Crippen molar-refractivity contribution in [1.29, 1.82) is 0 Å². The number of amides is 2. The first kappa shape index (κ1) is 21.4. The van der Waals surface area contributed by atoms with Crippen molar-refractivity contribution in [3.63, 3.8) is 0 Å². The lowest BCUT2D eigenvalue weighted by atomic mass is 10.2. The van der Waals surface area contributed by atoms with Gasteiger partial charge in [0, 0.05) is 42.4 Å².